The van der Waals surface area contributed by atoms with E-state index >= 15 is 0 Å². The van der Waals surface area contributed by atoms with E-state index in [1.54, 1.807) is 18.5 Å². The van der Waals surface area contributed by atoms with Crippen molar-refractivity contribution in [1.82, 2.24) is 4.98 Å². The highest BCUT2D eigenvalue weighted by atomic mass is 32.2. The molecule has 7 heteroatoms. The van der Waals surface area contributed by atoms with Crippen LogP contribution >= 0.6 is 0 Å². The second-order valence-corrected chi connectivity index (χ2v) is 7.54. The fourth-order valence-electron chi connectivity index (χ4n) is 2.34. The van der Waals surface area contributed by atoms with Gasteiger partial charge in [0.15, 0.2) is 9.84 Å². The highest BCUT2D eigenvalue weighted by Gasteiger charge is 2.29. The summed E-state index contributed by atoms with van der Waals surface area (Å²) in [6.45, 7) is 0. The third-order valence-corrected chi connectivity index (χ3v) is 5.19. The van der Waals surface area contributed by atoms with Crippen LogP contribution in [0.4, 0.5) is 11.4 Å². The van der Waals surface area contributed by atoms with Gasteiger partial charge in [-0.05, 0) is 18.4 Å². The van der Waals surface area contributed by atoms with Crippen LogP contribution in [0.3, 0.4) is 0 Å². The average molecular weight is 297 g/mol. The van der Waals surface area contributed by atoms with Crippen LogP contribution in [0, 0.1) is 5.92 Å². The van der Waals surface area contributed by atoms with Crippen molar-refractivity contribution in [2.75, 3.05) is 35.8 Å². The first-order valence-corrected chi connectivity index (χ1v) is 8.31. The zero-order chi connectivity index (χ0) is 14.8. The molecule has 0 radical (unpaired) electrons. The lowest BCUT2D eigenvalue weighted by Gasteiger charge is -2.17. The molecule has 0 spiro atoms. The fraction of sp³-hybridized carbons (Fsp3) is 0.538. The second kappa shape index (κ2) is 5.78. The molecule has 1 atom stereocenters. The quantitative estimate of drug-likeness (QED) is 0.893. The van der Waals surface area contributed by atoms with E-state index in [1.165, 1.54) is 0 Å². The Balaban J connectivity index is 1.99. The molecular weight excluding hydrogens is 278 g/mol. The van der Waals surface area contributed by atoms with Gasteiger partial charge in [0.1, 0.15) is 0 Å². The van der Waals surface area contributed by atoms with Crippen LogP contribution < -0.4 is 10.2 Å². The van der Waals surface area contributed by atoms with Gasteiger partial charge in [0.2, 0.25) is 5.91 Å². The van der Waals surface area contributed by atoms with Crippen molar-refractivity contribution in [1.29, 1.82) is 0 Å². The van der Waals surface area contributed by atoms with Gasteiger partial charge < -0.3 is 10.2 Å². The van der Waals surface area contributed by atoms with Crippen LogP contribution in [0.15, 0.2) is 18.5 Å². The predicted molar refractivity (Wildman–Crippen MR) is 78.6 cm³/mol. The number of rotatable bonds is 4. The van der Waals surface area contributed by atoms with Gasteiger partial charge in [0, 0.05) is 26.7 Å². The number of aromatic nitrogens is 1. The molecule has 6 nitrogen and oxygen atoms in total. The first kappa shape index (κ1) is 14.8. The van der Waals surface area contributed by atoms with Gasteiger partial charge in [-0.15, -0.1) is 0 Å². The molecule has 110 valence electrons. The Hall–Kier alpha value is -1.63. The summed E-state index contributed by atoms with van der Waals surface area (Å²) in [6, 6.07) is 1.73. The molecule has 1 aliphatic heterocycles. The molecule has 1 aliphatic rings. The number of pyridine rings is 1. The summed E-state index contributed by atoms with van der Waals surface area (Å²) in [7, 11) is 0.809. The summed E-state index contributed by atoms with van der Waals surface area (Å²) in [4.78, 5) is 17.9. The zero-order valence-electron chi connectivity index (χ0n) is 11.7. The SMILES string of the molecule is CN(C)c1cnccc1NC(=O)C[C@@H]1CCS(=O)(=O)C1. The van der Waals surface area contributed by atoms with Crippen LogP contribution in [0.25, 0.3) is 0 Å². The number of sulfone groups is 1. The maximum atomic E-state index is 12.0. The molecule has 0 aliphatic carbocycles. The smallest absolute Gasteiger partial charge is 0.224 e. The monoisotopic (exact) mass is 297 g/mol. The van der Waals surface area contributed by atoms with Crippen molar-refractivity contribution in [3.05, 3.63) is 18.5 Å². The summed E-state index contributed by atoms with van der Waals surface area (Å²) in [5, 5.41) is 2.83. The van der Waals surface area contributed by atoms with Crippen molar-refractivity contribution in [3.63, 3.8) is 0 Å². The van der Waals surface area contributed by atoms with Crippen LogP contribution in [0.1, 0.15) is 12.8 Å². The van der Waals surface area contributed by atoms with E-state index in [-0.39, 0.29) is 29.8 Å². The molecule has 2 heterocycles. The Morgan fingerprint density at radius 1 is 1.50 bits per heavy atom. The number of nitrogens with one attached hydrogen (secondary N) is 1. The van der Waals surface area contributed by atoms with E-state index < -0.39 is 9.84 Å². The minimum atomic E-state index is -2.93. The van der Waals surface area contributed by atoms with Crippen LogP contribution in [-0.4, -0.2) is 44.9 Å². The summed E-state index contributed by atoms with van der Waals surface area (Å²) < 4.78 is 22.8. The molecule has 1 amide bonds. The second-order valence-electron chi connectivity index (χ2n) is 5.31. The molecule has 2 rings (SSSR count). The Morgan fingerprint density at radius 3 is 2.85 bits per heavy atom. The molecule has 0 aromatic carbocycles. The highest BCUT2D eigenvalue weighted by molar-refractivity contribution is 7.91. The Kier molecular flexibility index (Phi) is 4.27. The average Bonchev–Trinajstić information content (AvgIpc) is 2.68. The number of carbonyl (C=O) groups excluding carboxylic acids is 1. The van der Waals surface area contributed by atoms with Crippen molar-refractivity contribution in [3.8, 4) is 0 Å². The largest absolute Gasteiger partial charge is 0.375 e. The first-order chi connectivity index (χ1) is 9.37. The molecule has 1 saturated heterocycles. The number of carbonyl (C=O) groups is 1. The number of hydrogen-bond acceptors (Lipinski definition) is 5. The molecular formula is C13H19N3O3S. The van der Waals surface area contributed by atoms with Gasteiger partial charge in [0.05, 0.1) is 29.1 Å². The van der Waals surface area contributed by atoms with E-state index in [9.17, 15) is 13.2 Å². The topological polar surface area (TPSA) is 79.4 Å². The van der Waals surface area contributed by atoms with Gasteiger partial charge in [0.25, 0.3) is 0 Å². The van der Waals surface area contributed by atoms with Crippen LogP contribution in [-0.2, 0) is 14.6 Å². The van der Waals surface area contributed by atoms with Crippen molar-refractivity contribution in [2.45, 2.75) is 12.8 Å². The van der Waals surface area contributed by atoms with Crippen molar-refractivity contribution >= 4 is 27.1 Å². The number of hydrogen-bond donors (Lipinski definition) is 1. The number of nitrogens with zero attached hydrogens (tertiary/aromatic N) is 2. The van der Waals surface area contributed by atoms with Gasteiger partial charge in [-0.2, -0.15) is 0 Å². The van der Waals surface area contributed by atoms with E-state index in [0.29, 0.717) is 12.1 Å². The van der Waals surface area contributed by atoms with E-state index in [4.69, 9.17) is 0 Å². The summed E-state index contributed by atoms with van der Waals surface area (Å²) in [5.41, 5.74) is 1.51. The molecule has 1 N–H and O–H groups in total. The third-order valence-electron chi connectivity index (χ3n) is 3.36. The lowest BCUT2D eigenvalue weighted by Crippen LogP contribution is -2.19. The van der Waals surface area contributed by atoms with E-state index in [0.717, 1.165) is 5.69 Å². The molecule has 1 fully saturated rings. The normalized spacial score (nSPS) is 20.6. The molecule has 0 saturated carbocycles. The highest BCUT2D eigenvalue weighted by Crippen LogP contribution is 2.25. The van der Waals surface area contributed by atoms with Crippen LogP contribution in [0.2, 0.25) is 0 Å². The Morgan fingerprint density at radius 2 is 2.25 bits per heavy atom. The van der Waals surface area contributed by atoms with E-state index in [1.807, 2.05) is 19.0 Å². The summed E-state index contributed by atoms with van der Waals surface area (Å²) in [6.07, 6.45) is 4.11. The van der Waals surface area contributed by atoms with Crippen molar-refractivity contribution < 1.29 is 13.2 Å². The molecule has 1 aromatic rings. The number of amides is 1. The maximum Gasteiger partial charge on any atom is 0.224 e. The fourth-order valence-corrected chi connectivity index (χ4v) is 4.21. The Labute approximate surface area is 119 Å². The zero-order valence-corrected chi connectivity index (χ0v) is 12.5. The van der Waals surface area contributed by atoms with Gasteiger partial charge in [-0.1, -0.05) is 0 Å². The maximum absolute atomic E-state index is 12.0. The lowest BCUT2D eigenvalue weighted by molar-refractivity contribution is -0.116. The molecule has 20 heavy (non-hydrogen) atoms. The van der Waals surface area contributed by atoms with Gasteiger partial charge in [-0.3, -0.25) is 9.78 Å². The van der Waals surface area contributed by atoms with Crippen LogP contribution in [0.5, 0.6) is 0 Å². The minimum Gasteiger partial charge on any atom is -0.375 e. The predicted octanol–water partition coefficient (Wildman–Crippen LogP) is 0.911. The standard InChI is InChI=1S/C13H19N3O3S/c1-16(2)12-8-14-5-3-11(12)15-13(17)7-10-4-6-20(18,19)9-10/h3,5,8,10H,4,6-7,9H2,1-2H3,(H,14,15,17)/t10-/m0/s1. The number of anilines is 2. The molecule has 1 aromatic heterocycles. The molecule has 0 unspecified atom stereocenters. The lowest BCUT2D eigenvalue weighted by atomic mass is 10.1. The summed E-state index contributed by atoms with van der Waals surface area (Å²) in [5.74, 6) is 0.103. The first-order valence-electron chi connectivity index (χ1n) is 6.49. The molecule has 0 bridgehead atoms. The minimum absolute atomic E-state index is 0.0651. The van der Waals surface area contributed by atoms with Gasteiger partial charge >= 0.3 is 0 Å². The Bertz CT molecular complexity index is 599. The van der Waals surface area contributed by atoms with E-state index in [2.05, 4.69) is 10.3 Å². The van der Waals surface area contributed by atoms with Crippen molar-refractivity contribution in [2.24, 2.45) is 5.92 Å². The third kappa shape index (κ3) is 3.69. The van der Waals surface area contributed by atoms with Gasteiger partial charge in [-0.25, -0.2) is 8.42 Å². The summed E-state index contributed by atoms with van der Waals surface area (Å²) >= 11 is 0.